The van der Waals surface area contributed by atoms with E-state index in [1.165, 1.54) is 0 Å². The van der Waals surface area contributed by atoms with Gasteiger partial charge in [0, 0.05) is 36.0 Å². The number of rotatable bonds is 6. The SMILES string of the molecule is O=C(NCc1ccccc1)Nc1ccc(-c2cnc([C@H]3CC[C@H](NC(=O)O)CC3)s2)c(Cl)c1. The zero-order valence-corrected chi connectivity index (χ0v) is 19.5. The minimum Gasteiger partial charge on any atom is -0.465 e. The van der Waals surface area contributed by atoms with Crippen LogP contribution in [0.25, 0.3) is 10.4 Å². The highest BCUT2D eigenvalue weighted by Crippen LogP contribution is 2.39. The van der Waals surface area contributed by atoms with E-state index < -0.39 is 6.09 Å². The van der Waals surface area contributed by atoms with Gasteiger partial charge in [-0.05, 0) is 49.4 Å². The van der Waals surface area contributed by atoms with E-state index in [9.17, 15) is 9.59 Å². The number of thiazole rings is 1. The Labute approximate surface area is 201 Å². The fraction of sp³-hybridized carbons (Fsp3) is 0.292. The van der Waals surface area contributed by atoms with Crippen molar-refractivity contribution in [3.8, 4) is 10.4 Å². The highest BCUT2D eigenvalue weighted by atomic mass is 35.5. The van der Waals surface area contributed by atoms with Gasteiger partial charge in [0.05, 0.1) is 14.9 Å². The molecular weight excluding hydrogens is 460 g/mol. The number of benzene rings is 2. The quantitative estimate of drug-likeness (QED) is 0.340. The summed E-state index contributed by atoms with van der Waals surface area (Å²) in [5, 5.41) is 18.7. The highest BCUT2D eigenvalue weighted by Gasteiger charge is 2.25. The van der Waals surface area contributed by atoms with Crippen molar-refractivity contribution >= 4 is 40.7 Å². The first-order chi connectivity index (χ1) is 16.0. The van der Waals surface area contributed by atoms with Crippen molar-refractivity contribution in [2.45, 2.75) is 44.2 Å². The molecule has 4 N–H and O–H groups in total. The van der Waals surface area contributed by atoms with Crippen LogP contribution in [0.4, 0.5) is 15.3 Å². The van der Waals surface area contributed by atoms with Gasteiger partial charge in [0.25, 0.3) is 0 Å². The van der Waals surface area contributed by atoms with E-state index in [0.717, 1.165) is 46.7 Å². The zero-order chi connectivity index (χ0) is 23.2. The van der Waals surface area contributed by atoms with Crippen LogP contribution in [0.1, 0.15) is 42.2 Å². The molecular formula is C24H25ClN4O3S. The third-order valence-corrected chi connectivity index (χ3v) is 7.22. The summed E-state index contributed by atoms with van der Waals surface area (Å²) in [6.45, 7) is 0.441. The monoisotopic (exact) mass is 484 g/mol. The lowest BCUT2D eigenvalue weighted by atomic mass is 9.86. The van der Waals surface area contributed by atoms with Crippen molar-refractivity contribution in [3.63, 3.8) is 0 Å². The molecule has 0 saturated heterocycles. The predicted octanol–water partition coefficient (Wildman–Crippen LogP) is 6.08. The summed E-state index contributed by atoms with van der Waals surface area (Å²) in [5.74, 6) is 0.337. The normalized spacial score (nSPS) is 17.8. The minimum atomic E-state index is -0.962. The molecule has 3 aromatic rings. The number of carbonyl (C=O) groups is 2. The molecule has 9 heteroatoms. The molecule has 1 saturated carbocycles. The summed E-state index contributed by atoms with van der Waals surface area (Å²) in [7, 11) is 0. The number of carbonyl (C=O) groups excluding carboxylic acids is 1. The van der Waals surface area contributed by atoms with Crippen LogP contribution in [0.5, 0.6) is 0 Å². The smallest absolute Gasteiger partial charge is 0.404 e. The zero-order valence-electron chi connectivity index (χ0n) is 17.9. The number of hydrogen-bond acceptors (Lipinski definition) is 4. The molecule has 0 unspecified atom stereocenters. The Kier molecular flexibility index (Phi) is 7.47. The standard InChI is InChI=1S/C24H25ClN4O3S/c25-20-12-18(28-23(30)27-13-15-4-2-1-3-5-15)10-11-19(20)21-14-26-22(33-21)16-6-8-17(9-7-16)29-24(31)32/h1-5,10-12,14,16-17,29H,6-9,13H2,(H,31,32)(H2,27,28,30)/t16-,17-. The summed E-state index contributed by atoms with van der Waals surface area (Å²) in [5.41, 5.74) is 2.51. The van der Waals surface area contributed by atoms with Crippen molar-refractivity contribution in [2.75, 3.05) is 5.32 Å². The molecule has 1 aromatic heterocycles. The number of amides is 3. The summed E-state index contributed by atoms with van der Waals surface area (Å²) < 4.78 is 0. The molecule has 1 aliphatic carbocycles. The van der Waals surface area contributed by atoms with Gasteiger partial charge >= 0.3 is 12.1 Å². The molecule has 3 amide bonds. The molecule has 2 aromatic carbocycles. The lowest BCUT2D eigenvalue weighted by Crippen LogP contribution is -2.36. The molecule has 0 aliphatic heterocycles. The molecule has 0 bridgehead atoms. The molecule has 4 rings (SSSR count). The lowest BCUT2D eigenvalue weighted by molar-refractivity contribution is 0.185. The molecule has 7 nitrogen and oxygen atoms in total. The van der Waals surface area contributed by atoms with Gasteiger partial charge in [0.15, 0.2) is 0 Å². The first-order valence-electron chi connectivity index (χ1n) is 10.8. The molecule has 33 heavy (non-hydrogen) atoms. The molecule has 172 valence electrons. The first kappa shape index (κ1) is 23.1. The second-order valence-electron chi connectivity index (χ2n) is 8.05. The molecule has 1 aliphatic rings. The second kappa shape index (κ2) is 10.7. The van der Waals surface area contributed by atoms with E-state index in [1.807, 2.05) is 48.7 Å². The fourth-order valence-electron chi connectivity index (χ4n) is 4.01. The highest BCUT2D eigenvalue weighted by molar-refractivity contribution is 7.15. The van der Waals surface area contributed by atoms with Gasteiger partial charge in [0.2, 0.25) is 0 Å². The first-order valence-corrected chi connectivity index (χ1v) is 12.0. The van der Waals surface area contributed by atoms with Crippen molar-refractivity contribution < 1.29 is 14.7 Å². The van der Waals surface area contributed by atoms with Crippen LogP contribution in [0, 0.1) is 0 Å². The van der Waals surface area contributed by atoms with Crippen LogP contribution in [0.15, 0.2) is 54.7 Å². The Hall–Kier alpha value is -3.10. The molecule has 1 fully saturated rings. The van der Waals surface area contributed by atoms with Gasteiger partial charge in [-0.1, -0.05) is 41.9 Å². The summed E-state index contributed by atoms with van der Waals surface area (Å²) >= 11 is 8.14. The van der Waals surface area contributed by atoms with Crippen molar-refractivity contribution in [2.24, 2.45) is 0 Å². The van der Waals surface area contributed by atoms with E-state index >= 15 is 0 Å². The van der Waals surface area contributed by atoms with Crippen LogP contribution < -0.4 is 16.0 Å². The Balaban J connectivity index is 1.34. The average molecular weight is 485 g/mol. The van der Waals surface area contributed by atoms with Gasteiger partial charge in [-0.2, -0.15) is 0 Å². The minimum absolute atomic E-state index is 0.0255. The van der Waals surface area contributed by atoms with Gasteiger partial charge < -0.3 is 21.1 Å². The topological polar surface area (TPSA) is 103 Å². The summed E-state index contributed by atoms with van der Waals surface area (Å²) in [4.78, 5) is 28.6. The van der Waals surface area contributed by atoms with Crippen LogP contribution in [0.3, 0.4) is 0 Å². The summed E-state index contributed by atoms with van der Waals surface area (Å²) in [6, 6.07) is 14.9. The van der Waals surface area contributed by atoms with E-state index in [-0.39, 0.29) is 12.1 Å². The third-order valence-electron chi connectivity index (χ3n) is 5.72. The third kappa shape index (κ3) is 6.24. The second-order valence-corrected chi connectivity index (χ2v) is 9.52. The number of nitrogens with zero attached hydrogens (tertiary/aromatic N) is 1. The molecule has 0 atom stereocenters. The van der Waals surface area contributed by atoms with Gasteiger partial charge in [-0.15, -0.1) is 11.3 Å². The molecule has 1 heterocycles. The van der Waals surface area contributed by atoms with E-state index in [2.05, 4.69) is 20.9 Å². The molecule has 0 spiro atoms. The largest absolute Gasteiger partial charge is 0.465 e. The van der Waals surface area contributed by atoms with E-state index in [1.54, 1.807) is 17.4 Å². The Morgan fingerprint density at radius 2 is 1.85 bits per heavy atom. The van der Waals surface area contributed by atoms with Crippen molar-refractivity contribution in [1.29, 1.82) is 0 Å². The van der Waals surface area contributed by atoms with Crippen LogP contribution in [0.2, 0.25) is 5.02 Å². The van der Waals surface area contributed by atoms with Gasteiger partial charge in [-0.25, -0.2) is 14.6 Å². The number of anilines is 1. The number of nitrogens with one attached hydrogen (secondary N) is 3. The van der Waals surface area contributed by atoms with Gasteiger partial charge in [-0.3, -0.25) is 0 Å². The van der Waals surface area contributed by atoms with Crippen LogP contribution in [-0.2, 0) is 6.54 Å². The molecule has 0 radical (unpaired) electrons. The van der Waals surface area contributed by atoms with E-state index in [0.29, 0.717) is 23.2 Å². The fourth-order valence-corrected chi connectivity index (χ4v) is 5.47. The maximum atomic E-state index is 12.2. The average Bonchev–Trinajstić information content (AvgIpc) is 3.28. The Morgan fingerprint density at radius 3 is 2.55 bits per heavy atom. The number of carboxylic acid groups (broad SMARTS) is 1. The summed E-state index contributed by atoms with van der Waals surface area (Å²) in [6.07, 6.45) is 4.33. The maximum absolute atomic E-state index is 12.2. The lowest BCUT2D eigenvalue weighted by Gasteiger charge is -2.26. The van der Waals surface area contributed by atoms with E-state index in [4.69, 9.17) is 16.7 Å². The Bertz CT molecular complexity index is 1110. The number of aromatic nitrogens is 1. The predicted molar refractivity (Wildman–Crippen MR) is 131 cm³/mol. The van der Waals surface area contributed by atoms with Crippen LogP contribution in [-0.4, -0.2) is 28.3 Å². The maximum Gasteiger partial charge on any atom is 0.404 e. The van der Waals surface area contributed by atoms with Crippen molar-refractivity contribution in [3.05, 3.63) is 70.3 Å². The Morgan fingerprint density at radius 1 is 1.09 bits per heavy atom. The van der Waals surface area contributed by atoms with Crippen LogP contribution >= 0.6 is 22.9 Å². The number of hydrogen-bond donors (Lipinski definition) is 4. The number of halogens is 1. The number of urea groups is 1. The van der Waals surface area contributed by atoms with Gasteiger partial charge in [0.1, 0.15) is 0 Å². The van der Waals surface area contributed by atoms with Crippen molar-refractivity contribution in [1.82, 2.24) is 15.6 Å².